The Morgan fingerprint density at radius 2 is 1.90 bits per heavy atom. The van der Waals surface area contributed by atoms with Gasteiger partial charge in [-0.2, -0.15) is 4.39 Å². The van der Waals surface area contributed by atoms with Gasteiger partial charge in [-0.1, -0.05) is 0 Å². The van der Waals surface area contributed by atoms with Crippen molar-refractivity contribution in [1.29, 1.82) is 0 Å². The van der Waals surface area contributed by atoms with E-state index in [0.717, 1.165) is 11.3 Å². The second kappa shape index (κ2) is 9.49. The number of hydrogen-bond acceptors (Lipinski definition) is 8. The number of sulfone groups is 1. The molecule has 0 aliphatic heterocycles. The summed E-state index contributed by atoms with van der Waals surface area (Å²) in [4.78, 5) is 7.94. The fourth-order valence-electron chi connectivity index (χ4n) is 2.58. The third kappa shape index (κ3) is 4.50. The van der Waals surface area contributed by atoms with Gasteiger partial charge in [0.05, 0.1) is 24.7 Å². The van der Waals surface area contributed by atoms with E-state index in [1.807, 2.05) is 0 Å². The van der Waals surface area contributed by atoms with Crippen LogP contribution in [0, 0.1) is 5.95 Å². The summed E-state index contributed by atoms with van der Waals surface area (Å²) in [5, 5.41) is 3.44. The number of thiazole rings is 1. The van der Waals surface area contributed by atoms with Gasteiger partial charge in [0.15, 0.2) is 15.7 Å². The molecule has 2 heterocycles. The van der Waals surface area contributed by atoms with Crippen LogP contribution in [0.1, 0.15) is 5.01 Å². The highest BCUT2D eigenvalue weighted by Gasteiger charge is 2.29. The smallest absolute Gasteiger partial charge is 0.222 e. The summed E-state index contributed by atoms with van der Waals surface area (Å²) < 4.78 is 51.2. The Balaban J connectivity index is 0.00000300. The number of ether oxygens (including phenoxy) is 2. The van der Waals surface area contributed by atoms with Crippen LogP contribution in [0.25, 0.3) is 11.3 Å². The third-order valence-corrected chi connectivity index (χ3v) is 7.21. The van der Waals surface area contributed by atoms with Gasteiger partial charge in [-0.15, -0.1) is 23.7 Å². The predicted octanol–water partition coefficient (Wildman–Crippen LogP) is 3.34. The molecule has 0 fully saturated rings. The van der Waals surface area contributed by atoms with Gasteiger partial charge in [0.25, 0.3) is 0 Å². The van der Waals surface area contributed by atoms with Gasteiger partial charge in [-0.3, -0.25) is 0 Å². The summed E-state index contributed by atoms with van der Waals surface area (Å²) in [5.74, 6) is -0.106. The molecular formula is C18H19ClFN3O4S2. The van der Waals surface area contributed by atoms with Crippen LogP contribution in [-0.4, -0.2) is 39.7 Å². The van der Waals surface area contributed by atoms with Gasteiger partial charge in [-0.05, 0) is 31.3 Å². The van der Waals surface area contributed by atoms with Gasteiger partial charge >= 0.3 is 0 Å². The van der Waals surface area contributed by atoms with Gasteiger partial charge < -0.3 is 14.8 Å². The van der Waals surface area contributed by atoms with E-state index in [4.69, 9.17) is 9.47 Å². The summed E-state index contributed by atoms with van der Waals surface area (Å²) in [6.45, 7) is 0.348. The molecule has 29 heavy (non-hydrogen) atoms. The molecule has 156 valence electrons. The molecule has 0 amide bonds. The second-order valence-electron chi connectivity index (χ2n) is 5.64. The number of halogens is 2. The van der Waals surface area contributed by atoms with Crippen LogP contribution in [0.15, 0.2) is 45.6 Å². The molecule has 0 saturated carbocycles. The first kappa shape index (κ1) is 23.0. The summed E-state index contributed by atoms with van der Waals surface area (Å²) in [6, 6.07) is 7.27. The first-order valence-corrected chi connectivity index (χ1v) is 10.4. The summed E-state index contributed by atoms with van der Waals surface area (Å²) in [7, 11) is 0.605. The number of nitrogens with zero attached hydrogens (tertiary/aromatic N) is 2. The quantitative estimate of drug-likeness (QED) is 0.542. The van der Waals surface area contributed by atoms with Gasteiger partial charge in [0.1, 0.15) is 10.7 Å². The molecule has 1 aromatic carbocycles. The lowest BCUT2D eigenvalue weighted by Gasteiger charge is -2.10. The Kier molecular flexibility index (Phi) is 7.53. The van der Waals surface area contributed by atoms with Crippen molar-refractivity contribution >= 4 is 33.6 Å². The lowest BCUT2D eigenvalue weighted by molar-refractivity contribution is 0.354. The van der Waals surface area contributed by atoms with E-state index >= 15 is 0 Å². The number of methoxy groups -OCH3 is 2. The zero-order valence-corrected chi connectivity index (χ0v) is 18.3. The zero-order chi connectivity index (χ0) is 20.3. The molecule has 1 N–H and O–H groups in total. The first-order valence-electron chi connectivity index (χ1n) is 8.14. The Labute approximate surface area is 178 Å². The van der Waals surface area contributed by atoms with Crippen LogP contribution in [-0.2, 0) is 16.4 Å². The maximum Gasteiger partial charge on any atom is 0.222 e. The fraction of sp³-hybridized carbons (Fsp3) is 0.222. The molecule has 0 bridgehead atoms. The zero-order valence-electron chi connectivity index (χ0n) is 15.8. The standard InChI is InChI=1S/C18H18FN3O4S2.ClH/c1-20-10-15-22-16(12-5-4-8-21-17(12)19)18(27-15)28(23,24)11-6-7-13(25-2)14(9-11)26-3;/h4-9,20H,10H2,1-3H3;1H. The van der Waals surface area contributed by atoms with Crippen molar-refractivity contribution in [2.24, 2.45) is 0 Å². The van der Waals surface area contributed by atoms with Crippen LogP contribution < -0.4 is 14.8 Å². The molecule has 0 unspecified atom stereocenters. The Morgan fingerprint density at radius 3 is 2.52 bits per heavy atom. The Bertz CT molecular complexity index is 1110. The van der Waals surface area contributed by atoms with E-state index < -0.39 is 15.8 Å². The summed E-state index contributed by atoms with van der Waals surface area (Å²) in [5.41, 5.74) is 0.0655. The molecule has 0 saturated heterocycles. The molecule has 3 rings (SSSR count). The summed E-state index contributed by atoms with van der Waals surface area (Å²) >= 11 is 0.985. The molecule has 7 nitrogen and oxygen atoms in total. The lowest BCUT2D eigenvalue weighted by Crippen LogP contribution is -2.04. The number of nitrogens with one attached hydrogen (secondary N) is 1. The van der Waals surface area contributed by atoms with Gasteiger partial charge in [0.2, 0.25) is 15.8 Å². The van der Waals surface area contributed by atoms with Crippen molar-refractivity contribution in [3.8, 4) is 22.8 Å². The van der Waals surface area contributed by atoms with E-state index in [9.17, 15) is 12.8 Å². The average Bonchev–Trinajstić information content (AvgIpc) is 3.12. The van der Waals surface area contributed by atoms with Crippen molar-refractivity contribution < 1.29 is 22.3 Å². The lowest BCUT2D eigenvalue weighted by atomic mass is 10.2. The molecule has 3 aromatic rings. The van der Waals surface area contributed by atoms with Crippen LogP contribution in [0.2, 0.25) is 0 Å². The minimum atomic E-state index is -3.99. The molecule has 11 heteroatoms. The molecule has 0 radical (unpaired) electrons. The number of pyridine rings is 1. The van der Waals surface area contributed by atoms with E-state index in [1.54, 1.807) is 7.05 Å². The topological polar surface area (TPSA) is 90.4 Å². The third-order valence-electron chi connectivity index (χ3n) is 3.89. The molecular weight excluding hydrogens is 441 g/mol. The number of rotatable bonds is 7. The Morgan fingerprint density at radius 1 is 1.17 bits per heavy atom. The SMILES string of the molecule is CNCc1nc(-c2cccnc2F)c(S(=O)(=O)c2ccc(OC)c(OC)c2)s1.Cl. The van der Waals surface area contributed by atoms with Crippen molar-refractivity contribution in [2.75, 3.05) is 21.3 Å². The summed E-state index contributed by atoms with van der Waals surface area (Å²) in [6.07, 6.45) is 1.29. The monoisotopic (exact) mass is 459 g/mol. The first-order chi connectivity index (χ1) is 13.4. The normalized spacial score (nSPS) is 11.0. The highest BCUT2D eigenvalue weighted by atomic mass is 35.5. The molecule has 0 spiro atoms. The minimum absolute atomic E-state index is 0. The van der Waals surface area contributed by atoms with Gasteiger partial charge in [0, 0.05) is 18.8 Å². The maximum atomic E-state index is 14.3. The van der Waals surface area contributed by atoms with Crippen molar-refractivity contribution in [3.63, 3.8) is 0 Å². The minimum Gasteiger partial charge on any atom is -0.493 e. The predicted molar refractivity (Wildman–Crippen MR) is 110 cm³/mol. The van der Waals surface area contributed by atoms with Crippen molar-refractivity contribution in [2.45, 2.75) is 15.6 Å². The second-order valence-corrected chi connectivity index (χ2v) is 8.86. The molecule has 0 atom stereocenters. The number of benzene rings is 1. The molecule has 0 aliphatic rings. The van der Waals surface area contributed by atoms with E-state index in [0.29, 0.717) is 17.3 Å². The van der Waals surface area contributed by atoms with Crippen LogP contribution in [0.5, 0.6) is 11.5 Å². The molecule has 2 aromatic heterocycles. The maximum absolute atomic E-state index is 14.3. The van der Waals surface area contributed by atoms with Crippen LogP contribution in [0.3, 0.4) is 0 Å². The fourth-order valence-corrected chi connectivity index (χ4v) is 5.55. The van der Waals surface area contributed by atoms with E-state index in [1.165, 1.54) is 50.7 Å². The van der Waals surface area contributed by atoms with E-state index in [2.05, 4.69) is 15.3 Å². The average molecular weight is 460 g/mol. The van der Waals surface area contributed by atoms with Gasteiger partial charge in [-0.25, -0.2) is 18.4 Å². The van der Waals surface area contributed by atoms with Crippen molar-refractivity contribution in [1.82, 2.24) is 15.3 Å². The van der Waals surface area contributed by atoms with Crippen LogP contribution >= 0.6 is 23.7 Å². The number of hydrogen-bond donors (Lipinski definition) is 1. The van der Waals surface area contributed by atoms with Crippen molar-refractivity contribution in [3.05, 3.63) is 47.5 Å². The van der Waals surface area contributed by atoms with Crippen LogP contribution in [0.4, 0.5) is 4.39 Å². The molecule has 0 aliphatic carbocycles. The largest absolute Gasteiger partial charge is 0.493 e. The van der Waals surface area contributed by atoms with E-state index in [-0.39, 0.29) is 38.5 Å². The number of aromatic nitrogens is 2. The Hall–Kier alpha value is -2.27. The highest BCUT2D eigenvalue weighted by molar-refractivity contribution is 7.93. The highest BCUT2D eigenvalue weighted by Crippen LogP contribution is 2.38.